The van der Waals surface area contributed by atoms with Gasteiger partial charge in [0.15, 0.2) is 11.5 Å². The summed E-state index contributed by atoms with van der Waals surface area (Å²) in [5.41, 5.74) is 1.11. The number of halogens is 1. The number of nitrogens with one attached hydrogen (secondary N) is 1. The Balaban J connectivity index is 1.54. The monoisotopic (exact) mass is 341 g/mol. The van der Waals surface area contributed by atoms with Crippen LogP contribution in [-0.2, 0) is 0 Å². The molecule has 0 unspecified atom stereocenters. The van der Waals surface area contributed by atoms with Gasteiger partial charge in [-0.3, -0.25) is 4.79 Å². The Labute approximate surface area is 141 Å². The van der Waals surface area contributed by atoms with Gasteiger partial charge in [-0.05, 0) is 30.3 Å². The molecule has 0 radical (unpaired) electrons. The number of hydrogen-bond acceptors (Lipinski definition) is 4. The lowest BCUT2D eigenvalue weighted by molar-refractivity contribution is 0.103. The van der Waals surface area contributed by atoms with E-state index in [1.54, 1.807) is 48.5 Å². The highest BCUT2D eigenvalue weighted by atomic mass is 32.1. The zero-order chi connectivity index (χ0) is 16.5. The number of anilines is 1. The lowest BCUT2D eigenvalue weighted by atomic mass is 10.2. The van der Waals surface area contributed by atoms with Crippen LogP contribution in [0.25, 0.3) is 10.4 Å². The molecule has 0 bridgehead atoms. The molecule has 2 heterocycles. The van der Waals surface area contributed by atoms with Crippen molar-refractivity contribution in [2.24, 2.45) is 0 Å². The summed E-state index contributed by atoms with van der Waals surface area (Å²) in [5.74, 6) is 0.709. The number of thiophene rings is 1. The van der Waals surface area contributed by atoms with Gasteiger partial charge in [0.1, 0.15) is 5.82 Å². The summed E-state index contributed by atoms with van der Waals surface area (Å²) >= 11 is 1.24. The maximum absolute atomic E-state index is 13.8. The number of fused-ring (bicyclic) bond motifs is 1. The second kappa shape index (κ2) is 5.98. The Hall–Kier alpha value is -2.86. The first-order valence-corrected chi connectivity index (χ1v) is 8.08. The summed E-state index contributed by atoms with van der Waals surface area (Å²) in [4.78, 5) is 13.6. The third-order valence-electron chi connectivity index (χ3n) is 3.60. The van der Waals surface area contributed by atoms with Crippen molar-refractivity contribution in [3.8, 4) is 21.9 Å². The van der Waals surface area contributed by atoms with Crippen LogP contribution < -0.4 is 14.8 Å². The van der Waals surface area contributed by atoms with E-state index in [1.165, 1.54) is 17.4 Å². The molecule has 0 aliphatic carbocycles. The largest absolute Gasteiger partial charge is 0.454 e. The van der Waals surface area contributed by atoms with Crippen molar-refractivity contribution in [3.05, 3.63) is 65.3 Å². The summed E-state index contributed by atoms with van der Waals surface area (Å²) in [6, 6.07) is 15.2. The minimum absolute atomic E-state index is 0.184. The van der Waals surface area contributed by atoms with Gasteiger partial charge in [-0.2, -0.15) is 0 Å². The fourth-order valence-corrected chi connectivity index (χ4v) is 3.36. The van der Waals surface area contributed by atoms with Gasteiger partial charge in [-0.15, -0.1) is 11.3 Å². The molecule has 6 heteroatoms. The van der Waals surface area contributed by atoms with Crippen molar-refractivity contribution in [2.45, 2.75) is 0 Å². The zero-order valence-corrected chi connectivity index (χ0v) is 13.2. The maximum atomic E-state index is 13.8. The lowest BCUT2D eigenvalue weighted by Gasteiger charge is -2.04. The van der Waals surface area contributed by atoms with Gasteiger partial charge in [0.25, 0.3) is 5.91 Å². The molecule has 0 saturated heterocycles. The topological polar surface area (TPSA) is 47.6 Å². The highest BCUT2D eigenvalue weighted by Crippen LogP contribution is 2.35. The van der Waals surface area contributed by atoms with Crippen LogP contribution in [0.1, 0.15) is 9.67 Å². The van der Waals surface area contributed by atoms with Crippen molar-refractivity contribution < 1.29 is 18.7 Å². The van der Waals surface area contributed by atoms with Crippen LogP contribution in [0.4, 0.5) is 10.1 Å². The van der Waals surface area contributed by atoms with E-state index >= 15 is 0 Å². The first-order valence-electron chi connectivity index (χ1n) is 7.26. The summed E-state index contributed by atoms with van der Waals surface area (Å²) < 4.78 is 24.4. The molecule has 0 fully saturated rings. The van der Waals surface area contributed by atoms with Gasteiger partial charge >= 0.3 is 0 Å². The third-order valence-corrected chi connectivity index (χ3v) is 4.72. The minimum Gasteiger partial charge on any atom is -0.454 e. The summed E-state index contributed by atoms with van der Waals surface area (Å²) in [6.07, 6.45) is 0. The Bertz CT molecular complexity index is 922. The molecule has 24 heavy (non-hydrogen) atoms. The van der Waals surface area contributed by atoms with E-state index in [1.807, 2.05) is 0 Å². The second-order valence-corrected chi connectivity index (χ2v) is 6.25. The van der Waals surface area contributed by atoms with E-state index in [9.17, 15) is 9.18 Å². The first kappa shape index (κ1) is 14.7. The molecule has 120 valence electrons. The van der Waals surface area contributed by atoms with Crippen LogP contribution in [-0.4, -0.2) is 12.7 Å². The third kappa shape index (κ3) is 2.72. The Morgan fingerprint density at radius 3 is 2.75 bits per heavy atom. The Morgan fingerprint density at radius 2 is 1.88 bits per heavy atom. The molecule has 1 aliphatic rings. The fraction of sp³-hybridized carbons (Fsp3) is 0.0556. The fourth-order valence-electron chi connectivity index (χ4n) is 2.43. The SMILES string of the molecule is O=C(Nc1ccc2c(c1)OCO2)c1ccc(-c2ccccc2F)s1. The first-order chi connectivity index (χ1) is 11.7. The van der Waals surface area contributed by atoms with Gasteiger partial charge < -0.3 is 14.8 Å². The van der Waals surface area contributed by atoms with Crippen LogP contribution in [0, 0.1) is 5.82 Å². The molecule has 0 atom stereocenters. The van der Waals surface area contributed by atoms with Crippen LogP contribution in [0.3, 0.4) is 0 Å². The van der Waals surface area contributed by atoms with Gasteiger partial charge in [-0.1, -0.05) is 18.2 Å². The predicted octanol–water partition coefficient (Wildman–Crippen LogP) is 4.54. The van der Waals surface area contributed by atoms with Crippen molar-refractivity contribution in [3.63, 3.8) is 0 Å². The van der Waals surface area contributed by atoms with Crippen LogP contribution in [0.5, 0.6) is 11.5 Å². The second-order valence-electron chi connectivity index (χ2n) is 5.17. The number of ether oxygens (including phenoxy) is 2. The number of amides is 1. The number of benzene rings is 2. The van der Waals surface area contributed by atoms with Crippen molar-refractivity contribution >= 4 is 22.9 Å². The molecule has 4 nitrogen and oxygen atoms in total. The van der Waals surface area contributed by atoms with E-state index in [0.717, 1.165) is 0 Å². The molecule has 0 spiro atoms. The number of carbonyl (C=O) groups is 1. The normalized spacial score (nSPS) is 12.2. The van der Waals surface area contributed by atoms with E-state index in [2.05, 4.69) is 5.32 Å². The molecule has 3 aromatic rings. The summed E-state index contributed by atoms with van der Waals surface area (Å²) in [6.45, 7) is 0.184. The number of carbonyl (C=O) groups excluding carboxylic acids is 1. The molecular formula is C18H12FNO3S. The van der Waals surface area contributed by atoms with Gasteiger partial charge in [-0.25, -0.2) is 4.39 Å². The molecule has 1 aromatic heterocycles. The van der Waals surface area contributed by atoms with E-state index in [0.29, 0.717) is 32.5 Å². The molecule has 4 rings (SSSR count). The quantitative estimate of drug-likeness (QED) is 0.761. The zero-order valence-electron chi connectivity index (χ0n) is 12.4. The smallest absolute Gasteiger partial charge is 0.265 e. The Kier molecular flexibility index (Phi) is 3.66. The average Bonchev–Trinajstić information content (AvgIpc) is 3.24. The molecule has 1 aliphatic heterocycles. The molecule has 1 N–H and O–H groups in total. The maximum Gasteiger partial charge on any atom is 0.265 e. The van der Waals surface area contributed by atoms with E-state index in [4.69, 9.17) is 9.47 Å². The highest BCUT2D eigenvalue weighted by Gasteiger charge is 2.16. The number of rotatable bonds is 3. The standard InChI is InChI=1S/C18H12FNO3S/c19-13-4-2-1-3-12(13)16-7-8-17(24-16)18(21)20-11-5-6-14-15(9-11)23-10-22-14/h1-9H,10H2,(H,20,21). The van der Waals surface area contributed by atoms with Gasteiger partial charge in [0, 0.05) is 22.2 Å². The van der Waals surface area contributed by atoms with E-state index < -0.39 is 0 Å². The van der Waals surface area contributed by atoms with Crippen molar-refractivity contribution in [2.75, 3.05) is 12.1 Å². The Morgan fingerprint density at radius 1 is 1.04 bits per heavy atom. The molecule has 0 saturated carbocycles. The lowest BCUT2D eigenvalue weighted by Crippen LogP contribution is -2.09. The highest BCUT2D eigenvalue weighted by molar-refractivity contribution is 7.17. The van der Waals surface area contributed by atoms with Gasteiger partial charge in [0.05, 0.1) is 4.88 Å². The summed E-state index contributed by atoms with van der Waals surface area (Å²) in [7, 11) is 0. The summed E-state index contributed by atoms with van der Waals surface area (Å²) in [5, 5.41) is 2.81. The molecule has 2 aromatic carbocycles. The van der Waals surface area contributed by atoms with Crippen molar-refractivity contribution in [1.82, 2.24) is 0 Å². The van der Waals surface area contributed by atoms with Crippen molar-refractivity contribution in [1.29, 1.82) is 0 Å². The van der Waals surface area contributed by atoms with Crippen LogP contribution >= 0.6 is 11.3 Å². The van der Waals surface area contributed by atoms with E-state index in [-0.39, 0.29) is 18.5 Å². The van der Waals surface area contributed by atoms with Gasteiger partial charge in [0.2, 0.25) is 6.79 Å². The molecular weight excluding hydrogens is 329 g/mol. The minimum atomic E-state index is -0.304. The average molecular weight is 341 g/mol. The predicted molar refractivity (Wildman–Crippen MR) is 90.2 cm³/mol. The molecule has 1 amide bonds. The van der Waals surface area contributed by atoms with Crippen LogP contribution in [0.15, 0.2) is 54.6 Å². The van der Waals surface area contributed by atoms with Crippen LogP contribution in [0.2, 0.25) is 0 Å². The number of hydrogen-bond donors (Lipinski definition) is 1.